The first kappa shape index (κ1) is 21.1. The Morgan fingerprint density at radius 1 is 1.00 bits per heavy atom. The first-order valence-corrected chi connectivity index (χ1v) is 8.81. The lowest BCUT2D eigenvalue weighted by molar-refractivity contribution is -0.384. The maximum atomic E-state index is 13.0. The highest BCUT2D eigenvalue weighted by Crippen LogP contribution is 2.21. The summed E-state index contributed by atoms with van der Waals surface area (Å²) < 4.78 is 13.0. The quantitative estimate of drug-likeness (QED) is 0.318. The third kappa shape index (κ3) is 5.48. The largest absolute Gasteiger partial charge is 0.507 e. The van der Waals surface area contributed by atoms with Crippen LogP contribution in [0.5, 0.6) is 5.75 Å². The number of carbonyl (C=O) groups excluding carboxylic acids is 2. The second-order valence-electron chi connectivity index (χ2n) is 6.24. The number of halogens is 1. The summed E-state index contributed by atoms with van der Waals surface area (Å²) in [5, 5.41) is 26.8. The second kappa shape index (κ2) is 9.27. The number of nitrogens with zero attached hydrogens (tertiary/aromatic N) is 2. The molecule has 0 spiro atoms. The molecule has 0 heterocycles. The van der Waals surface area contributed by atoms with Crippen LogP contribution in [0.2, 0.25) is 0 Å². The molecule has 0 aromatic heterocycles. The minimum Gasteiger partial charge on any atom is -0.507 e. The molecule has 9 nitrogen and oxygen atoms in total. The number of nitro groups is 1. The zero-order valence-electron chi connectivity index (χ0n) is 15.8. The zero-order valence-corrected chi connectivity index (χ0v) is 15.8. The van der Waals surface area contributed by atoms with Crippen molar-refractivity contribution in [2.45, 2.75) is 0 Å². The van der Waals surface area contributed by atoms with Crippen LogP contribution in [0.4, 0.5) is 15.8 Å². The summed E-state index contributed by atoms with van der Waals surface area (Å²) in [5.41, 5.74) is 2.81. The van der Waals surface area contributed by atoms with Crippen LogP contribution in [0.25, 0.3) is 0 Å². The van der Waals surface area contributed by atoms with Crippen molar-refractivity contribution >= 4 is 29.4 Å². The molecule has 0 aliphatic heterocycles. The van der Waals surface area contributed by atoms with Crippen molar-refractivity contribution in [3.63, 3.8) is 0 Å². The Morgan fingerprint density at radius 2 is 1.74 bits per heavy atom. The number of phenols is 1. The molecular weight excluding hydrogens is 407 g/mol. The Morgan fingerprint density at radius 3 is 2.45 bits per heavy atom. The fourth-order valence-corrected chi connectivity index (χ4v) is 2.53. The lowest BCUT2D eigenvalue weighted by atomic mass is 10.1. The minimum absolute atomic E-state index is 0.0508. The average Bonchev–Trinajstić information content (AvgIpc) is 2.75. The normalized spacial score (nSPS) is 10.6. The highest BCUT2D eigenvalue weighted by atomic mass is 19.1. The van der Waals surface area contributed by atoms with Gasteiger partial charge in [-0.1, -0.05) is 6.07 Å². The number of hydrazone groups is 1. The number of carbonyl (C=O) groups is 2. The van der Waals surface area contributed by atoms with Crippen molar-refractivity contribution < 1.29 is 24.0 Å². The number of hydrogen-bond donors (Lipinski definition) is 3. The molecule has 0 bridgehead atoms. The van der Waals surface area contributed by atoms with Gasteiger partial charge in [0.25, 0.3) is 17.5 Å². The molecule has 0 saturated carbocycles. The van der Waals surface area contributed by atoms with Crippen LogP contribution in [0.1, 0.15) is 26.3 Å². The van der Waals surface area contributed by atoms with Crippen LogP contribution in [0.3, 0.4) is 0 Å². The standard InChI is InChI=1S/C21H15FN4O5/c22-16-6-4-13(5-7-16)20(28)24-17-3-1-2-14(10-17)21(29)25-23-12-15-11-18(26(30)31)8-9-19(15)27/h1-12,27H,(H,24,28)(H,25,29). The maximum absolute atomic E-state index is 13.0. The van der Waals surface area contributed by atoms with Gasteiger partial charge in [-0.15, -0.1) is 0 Å². The highest BCUT2D eigenvalue weighted by Gasteiger charge is 2.11. The number of nitrogens with one attached hydrogen (secondary N) is 2. The number of anilines is 1. The molecule has 0 atom stereocenters. The van der Waals surface area contributed by atoms with E-state index in [-0.39, 0.29) is 28.1 Å². The summed E-state index contributed by atoms with van der Waals surface area (Å²) in [7, 11) is 0. The monoisotopic (exact) mass is 422 g/mol. The van der Waals surface area contributed by atoms with E-state index in [2.05, 4.69) is 15.8 Å². The third-order valence-corrected chi connectivity index (χ3v) is 4.08. The Hall–Kier alpha value is -4.60. The van der Waals surface area contributed by atoms with Gasteiger partial charge in [-0.05, 0) is 48.5 Å². The van der Waals surface area contributed by atoms with E-state index in [1.54, 1.807) is 12.1 Å². The molecule has 3 aromatic rings. The molecule has 2 amide bonds. The van der Waals surface area contributed by atoms with Gasteiger partial charge in [-0.25, -0.2) is 9.82 Å². The van der Waals surface area contributed by atoms with E-state index in [9.17, 15) is 29.2 Å². The molecule has 0 aliphatic carbocycles. The molecule has 3 aromatic carbocycles. The van der Waals surface area contributed by atoms with E-state index >= 15 is 0 Å². The topological polar surface area (TPSA) is 134 Å². The lowest BCUT2D eigenvalue weighted by Crippen LogP contribution is -2.18. The lowest BCUT2D eigenvalue weighted by Gasteiger charge is -2.07. The first-order valence-electron chi connectivity index (χ1n) is 8.81. The first-order chi connectivity index (χ1) is 14.8. The second-order valence-corrected chi connectivity index (χ2v) is 6.24. The summed E-state index contributed by atoms with van der Waals surface area (Å²) in [6.45, 7) is 0. The SMILES string of the molecule is O=C(NN=Cc1cc([N+](=O)[O-])ccc1O)c1cccc(NC(=O)c2ccc(F)cc2)c1. The molecule has 0 aliphatic rings. The van der Waals surface area contributed by atoms with Gasteiger partial charge < -0.3 is 10.4 Å². The summed E-state index contributed by atoms with van der Waals surface area (Å²) in [6.07, 6.45) is 1.07. The Labute approximate surface area is 175 Å². The maximum Gasteiger partial charge on any atom is 0.271 e. The number of amides is 2. The van der Waals surface area contributed by atoms with E-state index in [0.717, 1.165) is 36.5 Å². The van der Waals surface area contributed by atoms with Gasteiger partial charge in [-0.3, -0.25) is 19.7 Å². The van der Waals surface area contributed by atoms with Crippen LogP contribution in [0.15, 0.2) is 71.8 Å². The van der Waals surface area contributed by atoms with Gasteiger partial charge in [0.05, 0.1) is 11.1 Å². The van der Waals surface area contributed by atoms with Crippen LogP contribution >= 0.6 is 0 Å². The minimum atomic E-state index is -0.624. The van der Waals surface area contributed by atoms with E-state index < -0.39 is 22.6 Å². The average molecular weight is 422 g/mol. The molecule has 156 valence electrons. The summed E-state index contributed by atoms with van der Waals surface area (Å²) in [6, 6.07) is 14.4. The predicted molar refractivity (Wildman–Crippen MR) is 111 cm³/mol. The van der Waals surface area contributed by atoms with Crippen LogP contribution in [0, 0.1) is 15.9 Å². The van der Waals surface area contributed by atoms with Crippen molar-refractivity contribution in [1.82, 2.24) is 5.43 Å². The Bertz CT molecular complexity index is 1180. The predicted octanol–water partition coefficient (Wildman–Crippen LogP) is 3.46. The molecule has 3 rings (SSSR count). The van der Waals surface area contributed by atoms with Gasteiger partial charge in [0, 0.05) is 34.5 Å². The van der Waals surface area contributed by atoms with Gasteiger partial charge in [0.15, 0.2) is 0 Å². The molecule has 0 saturated heterocycles. The van der Waals surface area contributed by atoms with Gasteiger partial charge in [0.2, 0.25) is 0 Å². The number of hydrogen-bond acceptors (Lipinski definition) is 6. The van der Waals surface area contributed by atoms with E-state index in [0.29, 0.717) is 5.69 Å². The molecule has 0 radical (unpaired) electrons. The van der Waals surface area contributed by atoms with Crippen LogP contribution in [-0.2, 0) is 0 Å². The number of non-ortho nitro benzene ring substituents is 1. The third-order valence-electron chi connectivity index (χ3n) is 4.08. The molecule has 10 heteroatoms. The Kier molecular flexibility index (Phi) is 6.31. The van der Waals surface area contributed by atoms with Crippen molar-refractivity contribution in [3.8, 4) is 5.75 Å². The van der Waals surface area contributed by atoms with Gasteiger partial charge in [0.1, 0.15) is 11.6 Å². The van der Waals surface area contributed by atoms with Crippen LogP contribution < -0.4 is 10.7 Å². The number of benzene rings is 3. The van der Waals surface area contributed by atoms with E-state index in [1.807, 2.05) is 0 Å². The summed E-state index contributed by atoms with van der Waals surface area (Å²) in [5.74, 6) is -1.79. The van der Waals surface area contributed by atoms with Crippen LogP contribution in [-0.4, -0.2) is 28.1 Å². The van der Waals surface area contributed by atoms with Gasteiger partial charge >= 0.3 is 0 Å². The number of rotatable bonds is 6. The van der Waals surface area contributed by atoms with E-state index in [4.69, 9.17) is 0 Å². The van der Waals surface area contributed by atoms with Gasteiger partial charge in [-0.2, -0.15) is 5.10 Å². The molecule has 31 heavy (non-hydrogen) atoms. The van der Waals surface area contributed by atoms with Crippen molar-refractivity contribution in [2.24, 2.45) is 5.10 Å². The molecule has 3 N–H and O–H groups in total. The van der Waals surface area contributed by atoms with E-state index in [1.165, 1.54) is 24.3 Å². The molecule has 0 unspecified atom stereocenters. The number of phenolic OH excluding ortho intramolecular Hbond substituents is 1. The summed E-state index contributed by atoms with van der Waals surface area (Å²) >= 11 is 0. The fourth-order valence-electron chi connectivity index (χ4n) is 2.53. The molecular formula is C21H15FN4O5. The van der Waals surface area contributed by atoms with Crippen molar-refractivity contribution in [2.75, 3.05) is 5.32 Å². The highest BCUT2D eigenvalue weighted by molar-refractivity contribution is 6.05. The Balaban J connectivity index is 1.67. The zero-order chi connectivity index (χ0) is 22.4. The smallest absolute Gasteiger partial charge is 0.271 e. The fraction of sp³-hybridized carbons (Fsp3) is 0. The van der Waals surface area contributed by atoms with Crippen molar-refractivity contribution in [3.05, 3.63) is 99.4 Å². The summed E-state index contributed by atoms with van der Waals surface area (Å²) in [4.78, 5) is 34.7. The van der Waals surface area contributed by atoms with Crippen molar-refractivity contribution in [1.29, 1.82) is 0 Å². The molecule has 0 fully saturated rings. The number of nitro benzene ring substituents is 1. The number of aromatic hydroxyl groups is 1.